The van der Waals surface area contributed by atoms with Crippen LogP contribution < -0.4 is 4.74 Å². The van der Waals surface area contributed by atoms with Crippen LogP contribution in [0.25, 0.3) is 0 Å². The molecule has 2 fully saturated rings. The SMILES string of the molecule is C=CC=C.CC.CC.COc1ccc(C(=O)N2CCC3(CC2)OCCN3Sc2ccc(C)cc2)cc1. The van der Waals surface area contributed by atoms with Crippen molar-refractivity contribution in [2.45, 2.75) is 58.1 Å². The number of ether oxygens (including phenoxy) is 2. The van der Waals surface area contributed by atoms with Gasteiger partial charge >= 0.3 is 0 Å². The van der Waals surface area contributed by atoms with E-state index in [2.05, 4.69) is 48.7 Å². The largest absolute Gasteiger partial charge is 0.497 e. The molecule has 1 amide bonds. The first-order valence-corrected chi connectivity index (χ1v) is 13.6. The van der Waals surface area contributed by atoms with Gasteiger partial charge in [0.05, 0.1) is 13.7 Å². The second-order valence-corrected chi connectivity index (χ2v) is 8.89. The van der Waals surface area contributed by atoms with Crippen molar-refractivity contribution in [3.63, 3.8) is 0 Å². The predicted octanol–water partition coefficient (Wildman–Crippen LogP) is 7.39. The van der Waals surface area contributed by atoms with Crippen molar-refractivity contribution in [3.8, 4) is 5.75 Å². The maximum Gasteiger partial charge on any atom is 0.253 e. The molecule has 0 radical (unpaired) electrons. The fourth-order valence-electron chi connectivity index (χ4n) is 3.82. The lowest BCUT2D eigenvalue weighted by Crippen LogP contribution is -2.52. The fraction of sp³-hybridized carbons (Fsp3) is 0.433. The molecule has 0 aliphatic carbocycles. The van der Waals surface area contributed by atoms with Crippen LogP contribution in [-0.4, -0.2) is 54.2 Å². The van der Waals surface area contributed by atoms with E-state index in [-0.39, 0.29) is 11.6 Å². The lowest BCUT2D eigenvalue weighted by Gasteiger charge is -2.43. The number of nitrogens with zero attached hydrogens (tertiary/aromatic N) is 2. The molecule has 2 heterocycles. The molecule has 4 rings (SSSR count). The Labute approximate surface area is 223 Å². The lowest BCUT2D eigenvalue weighted by atomic mass is 10.00. The zero-order chi connectivity index (χ0) is 27.0. The number of hydrogen-bond donors (Lipinski definition) is 0. The highest BCUT2D eigenvalue weighted by Crippen LogP contribution is 2.41. The highest BCUT2D eigenvalue weighted by Gasteiger charge is 2.46. The first-order valence-electron chi connectivity index (χ1n) is 12.8. The minimum atomic E-state index is -0.272. The maximum atomic E-state index is 12.8. The molecule has 2 aliphatic rings. The molecule has 0 bridgehead atoms. The fourth-order valence-corrected chi connectivity index (χ4v) is 4.90. The molecule has 0 unspecified atom stereocenters. The van der Waals surface area contributed by atoms with Crippen LogP contribution in [0.5, 0.6) is 5.75 Å². The van der Waals surface area contributed by atoms with Gasteiger partial charge in [-0.2, -0.15) is 0 Å². The minimum absolute atomic E-state index is 0.0771. The maximum absolute atomic E-state index is 12.8. The summed E-state index contributed by atoms with van der Waals surface area (Å²) in [4.78, 5) is 16.0. The molecular weight excluding hydrogens is 468 g/mol. The smallest absolute Gasteiger partial charge is 0.253 e. The van der Waals surface area contributed by atoms with Crippen LogP contribution in [0.4, 0.5) is 0 Å². The van der Waals surface area contributed by atoms with Gasteiger partial charge in [-0.15, -0.1) is 0 Å². The minimum Gasteiger partial charge on any atom is -0.497 e. The lowest BCUT2D eigenvalue weighted by molar-refractivity contribution is -0.0827. The third-order valence-electron chi connectivity index (χ3n) is 5.69. The molecule has 2 saturated heterocycles. The van der Waals surface area contributed by atoms with Crippen molar-refractivity contribution >= 4 is 17.9 Å². The van der Waals surface area contributed by atoms with E-state index in [0.29, 0.717) is 18.7 Å². The average Bonchev–Trinajstić information content (AvgIpc) is 3.33. The molecule has 0 saturated carbocycles. The van der Waals surface area contributed by atoms with Crippen molar-refractivity contribution in [3.05, 3.63) is 85.0 Å². The highest BCUT2D eigenvalue weighted by atomic mass is 32.2. The van der Waals surface area contributed by atoms with E-state index < -0.39 is 0 Å². The molecule has 0 N–H and O–H groups in total. The van der Waals surface area contributed by atoms with E-state index in [0.717, 1.165) is 31.7 Å². The molecule has 36 heavy (non-hydrogen) atoms. The van der Waals surface area contributed by atoms with Gasteiger partial charge in [0.15, 0.2) is 0 Å². The number of carbonyl (C=O) groups is 1. The molecule has 6 heteroatoms. The number of amides is 1. The summed E-state index contributed by atoms with van der Waals surface area (Å²) in [7, 11) is 1.63. The Kier molecular flexibility index (Phi) is 14.9. The van der Waals surface area contributed by atoms with E-state index in [4.69, 9.17) is 9.47 Å². The highest BCUT2D eigenvalue weighted by molar-refractivity contribution is 7.97. The van der Waals surface area contributed by atoms with Crippen LogP contribution in [0.15, 0.2) is 78.7 Å². The molecule has 5 nitrogen and oxygen atoms in total. The average molecular weight is 513 g/mol. The molecular formula is C30H44N2O3S. The van der Waals surface area contributed by atoms with E-state index in [1.807, 2.05) is 56.9 Å². The summed E-state index contributed by atoms with van der Waals surface area (Å²) in [6, 6.07) is 15.9. The Bertz CT molecular complexity index is 899. The number of benzene rings is 2. The van der Waals surface area contributed by atoms with Gasteiger partial charge in [0.1, 0.15) is 11.5 Å². The van der Waals surface area contributed by atoms with Crippen molar-refractivity contribution < 1.29 is 14.3 Å². The van der Waals surface area contributed by atoms with Crippen LogP contribution in [0.3, 0.4) is 0 Å². The third kappa shape index (κ3) is 8.84. The van der Waals surface area contributed by atoms with Crippen LogP contribution in [0.1, 0.15) is 56.5 Å². The normalized spacial score (nSPS) is 15.8. The zero-order valence-corrected chi connectivity index (χ0v) is 23.8. The summed E-state index contributed by atoms with van der Waals surface area (Å²) in [6.45, 7) is 19.9. The Hall–Kier alpha value is -2.54. The van der Waals surface area contributed by atoms with E-state index >= 15 is 0 Å². The standard InChI is InChI=1S/C22H26N2O3S.C4H6.2C2H6/c1-17-3-9-20(10-4-17)28-24-15-16-27-22(24)11-13-23(14-12-22)21(25)18-5-7-19(26-2)8-6-18;1-3-4-2;2*1-2/h3-10H,11-16H2,1-2H3;3-4H,1-2H2;2*1-2H3. The van der Waals surface area contributed by atoms with Crippen LogP contribution >= 0.6 is 11.9 Å². The summed E-state index contributed by atoms with van der Waals surface area (Å²) < 4.78 is 13.7. The summed E-state index contributed by atoms with van der Waals surface area (Å²) in [5, 5.41) is 0. The van der Waals surface area contributed by atoms with Gasteiger partial charge in [-0.3, -0.25) is 4.79 Å². The topological polar surface area (TPSA) is 42.0 Å². The Morgan fingerprint density at radius 1 is 0.944 bits per heavy atom. The van der Waals surface area contributed by atoms with Crippen molar-refractivity contribution in [1.29, 1.82) is 0 Å². The van der Waals surface area contributed by atoms with Gasteiger partial charge in [0.2, 0.25) is 0 Å². The Morgan fingerprint density at radius 2 is 1.50 bits per heavy atom. The van der Waals surface area contributed by atoms with Gasteiger partial charge in [0.25, 0.3) is 5.91 Å². The number of hydrogen-bond acceptors (Lipinski definition) is 5. The first kappa shape index (κ1) is 31.5. The molecule has 198 valence electrons. The van der Waals surface area contributed by atoms with Crippen molar-refractivity contribution in [2.24, 2.45) is 0 Å². The molecule has 2 aliphatic heterocycles. The number of methoxy groups -OCH3 is 1. The number of allylic oxidation sites excluding steroid dienone is 2. The number of aryl methyl sites for hydroxylation is 1. The Balaban J connectivity index is 0.000000725. The Morgan fingerprint density at radius 3 is 2.00 bits per heavy atom. The second-order valence-electron chi connectivity index (χ2n) is 7.79. The summed E-state index contributed by atoms with van der Waals surface area (Å²) in [5.74, 6) is 0.838. The predicted molar refractivity (Wildman–Crippen MR) is 154 cm³/mol. The quantitative estimate of drug-likeness (QED) is 0.309. The van der Waals surface area contributed by atoms with Crippen LogP contribution in [0, 0.1) is 6.92 Å². The summed E-state index contributed by atoms with van der Waals surface area (Å²) in [5.41, 5.74) is 1.70. The third-order valence-corrected chi connectivity index (χ3v) is 6.91. The van der Waals surface area contributed by atoms with Gasteiger partial charge in [-0.25, -0.2) is 4.31 Å². The number of carbonyl (C=O) groups excluding carboxylic acids is 1. The molecule has 2 aromatic carbocycles. The van der Waals surface area contributed by atoms with Gasteiger partial charge in [-0.1, -0.05) is 70.7 Å². The van der Waals surface area contributed by atoms with Crippen LogP contribution in [-0.2, 0) is 4.74 Å². The van der Waals surface area contributed by atoms with E-state index in [1.165, 1.54) is 10.5 Å². The van der Waals surface area contributed by atoms with Crippen molar-refractivity contribution in [1.82, 2.24) is 9.21 Å². The summed E-state index contributed by atoms with van der Waals surface area (Å²) >= 11 is 1.77. The van der Waals surface area contributed by atoms with E-state index in [9.17, 15) is 4.79 Å². The second kappa shape index (κ2) is 17.0. The summed E-state index contributed by atoms with van der Waals surface area (Å²) in [6.07, 6.45) is 4.93. The van der Waals surface area contributed by atoms with E-state index in [1.54, 1.807) is 31.2 Å². The zero-order valence-electron chi connectivity index (χ0n) is 23.0. The van der Waals surface area contributed by atoms with Crippen LogP contribution in [0.2, 0.25) is 0 Å². The number of piperidine rings is 1. The van der Waals surface area contributed by atoms with Crippen molar-refractivity contribution in [2.75, 3.05) is 33.4 Å². The number of rotatable bonds is 5. The first-order chi connectivity index (χ1) is 17.5. The van der Waals surface area contributed by atoms with Gasteiger partial charge < -0.3 is 14.4 Å². The molecule has 0 aromatic heterocycles. The van der Waals surface area contributed by atoms with Gasteiger partial charge in [0, 0.05) is 42.9 Å². The molecule has 0 atom stereocenters. The number of likely N-dealkylation sites (tertiary alicyclic amines) is 1. The molecule has 1 spiro atoms. The molecule has 2 aromatic rings. The van der Waals surface area contributed by atoms with Gasteiger partial charge in [-0.05, 0) is 55.3 Å². The monoisotopic (exact) mass is 512 g/mol.